The second-order valence-corrected chi connectivity index (χ2v) is 4.20. The van der Waals surface area contributed by atoms with E-state index >= 15 is 0 Å². The quantitative estimate of drug-likeness (QED) is 0.850. The lowest BCUT2D eigenvalue weighted by molar-refractivity contribution is -0.138. The Morgan fingerprint density at radius 1 is 1.43 bits per heavy atom. The summed E-state index contributed by atoms with van der Waals surface area (Å²) in [5, 5.41) is 12.8. The van der Waals surface area contributed by atoms with Gasteiger partial charge in [0.15, 0.2) is 0 Å². The highest BCUT2D eigenvalue weighted by molar-refractivity contribution is 5.58. The summed E-state index contributed by atoms with van der Waals surface area (Å²) in [6.45, 7) is 0. The van der Waals surface area contributed by atoms with Gasteiger partial charge in [-0.3, -0.25) is 0 Å². The molecule has 2 aromatic rings. The van der Waals surface area contributed by atoms with Crippen molar-refractivity contribution in [2.24, 2.45) is 5.73 Å². The van der Waals surface area contributed by atoms with Crippen LogP contribution in [0.15, 0.2) is 22.7 Å². The van der Waals surface area contributed by atoms with Gasteiger partial charge < -0.3 is 15.4 Å². The van der Waals surface area contributed by atoms with E-state index in [0.29, 0.717) is 0 Å². The summed E-state index contributed by atoms with van der Waals surface area (Å²) in [5.74, 6) is 1.41. The van der Waals surface area contributed by atoms with Crippen LogP contribution in [0, 0.1) is 12.3 Å². The number of terminal acetylenes is 1. The van der Waals surface area contributed by atoms with Gasteiger partial charge in [-0.05, 0) is 18.2 Å². The molecule has 0 aliphatic heterocycles. The second kappa shape index (κ2) is 5.46. The van der Waals surface area contributed by atoms with Crippen LogP contribution >= 0.6 is 0 Å². The van der Waals surface area contributed by atoms with Crippen molar-refractivity contribution in [3.63, 3.8) is 0 Å². The summed E-state index contributed by atoms with van der Waals surface area (Å²) >= 11 is 0. The predicted octanol–water partition coefficient (Wildman–Crippen LogP) is 2.48. The molecule has 1 aromatic heterocycles. The Bertz CT molecular complexity index is 689. The lowest BCUT2D eigenvalue weighted by Gasteiger charge is -2.09. The van der Waals surface area contributed by atoms with E-state index in [2.05, 4.69) is 16.1 Å². The van der Waals surface area contributed by atoms with Crippen LogP contribution in [-0.4, -0.2) is 15.2 Å². The molecule has 0 aliphatic rings. The van der Waals surface area contributed by atoms with Gasteiger partial charge in [0.1, 0.15) is 5.75 Å². The number of phenolic OH excluding ortho intramolecular Hbond substituents is 1. The van der Waals surface area contributed by atoms with Gasteiger partial charge in [0, 0.05) is 12.0 Å². The van der Waals surface area contributed by atoms with Gasteiger partial charge in [-0.25, -0.2) is 0 Å². The average Bonchev–Trinajstić information content (AvgIpc) is 2.88. The van der Waals surface area contributed by atoms with Gasteiger partial charge in [-0.15, -0.1) is 12.3 Å². The molecule has 0 amide bonds. The number of alkyl halides is 3. The first kappa shape index (κ1) is 14.9. The first-order valence-corrected chi connectivity index (χ1v) is 5.76. The first-order chi connectivity index (χ1) is 9.82. The van der Waals surface area contributed by atoms with Gasteiger partial charge >= 0.3 is 6.18 Å². The van der Waals surface area contributed by atoms with Crippen LogP contribution in [0.1, 0.15) is 23.9 Å². The van der Waals surface area contributed by atoms with Crippen LogP contribution in [-0.2, 0) is 6.18 Å². The molecule has 1 aromatic carbocycles. The standard InChI is InChI=1S/C13H10F3N3O2/c1-2-3-9(17)12-18-11(19-21-12)7-4-5-10(20)8(6-7)13(14,15)16/h1,4-6,9,20H,3,17H2. The number of halogens is 3. The van der Waals surface area contributed by atoms with Gasteiger partial charge in [-0.2, -0.15) is 18.2 Å². The normalized spacial score (nSPS) is 12.9. The molecule has 0 spiro atoms. The first-order valence-electron chi connectivity index (χ1n) is 5.76. The smallest absolute Gasteiger partial charge is 0.419 e. The van der Waals surface area contributed by atoms with Crippen LogP contribution < -0.4 is 5.73 Å². The van der Waals surface area contributed by atoms with E-state index in [-0.39, 0.29) is 23.7 Å². The molecule has 1 atom stereocenters. The van der Waals surface area contributed by atoms with Crippen molar-refractivity contribution in [3.05, 3.63) is 29.7 Å². The number of phenols is 1. The number of hydrogen-bond acceptors (Lipinski definition) is 5. The molecule has 0 bridgehead atoms. The molecule has 21 heavy (non-hydrogen) atoms. The van der Waals surface area contributed by atoms with Gasteiger partial charge in [0.2, 0.25) is 11.7 Å². The van der Waals surface area contributed by atoms with Crippen LogP contribution in [0.4, 0.5) is 13.2 Å². The third-order valence-corrected chi connectivity index (χ3v) is 2.66. The lowest BCUT2D eigenvalue weighted by Crippen LogP contribution is -2.09. The van der Waals surface area contributed by atoms with E-state index in [1.165, 1.54) is 6.07 Å². The number of benzene rings is 1. The maximum Gasteiger partial charge on any atom is 0.419 e. The molecule has 1 heterocycles. The van der Waals surface area contributed by atoms with Crippen molar-refractivity contribution in [1.29, 1.82) is 0 Å². The summed E-state index contributed by atoms with van der Waals surface area (Å²) in [6, 6.07) is 2.20. The molecular formula is C13H10F3N3O2. The number of nitrogens with two attached hydrogens (primary N) is 1. The Labute approximate surface area is 117 Å². The zero-order valence-corrected chi connectivity index (χ0v) is 10.6. The van der Waals surface area contributed by atoms with E-state index in [1.54, 1.807) is 0 Å². The topological polar surface area (TPSA) is 85.2 Å². The molecule has 1 unspecified atom stereocenters. The van der Waals surface area contributed by atoms with E-state index in [1.807, 2.05) is 0 Å². The summed E-state index contributed by atoms with van der Waals surface area (Å²) in [7, 11) is 0. The summed E-state index contributed by atoms with van der Waals surface area (Å²) in [6.07, 6.45) is 0.566. The van der Waals surface area contributed by atoms with E-state index in [0.717, 1.165) is 12.1 Å². The fourth-order valence-electron chi connectivity index (χ4n) is 1.62. The Morgan fingerprint density at radius 2 is 2.14 bits per heavy atom. The van der Waals surface area contributed by atoms with Crippen LogP contribution in [0.25, 0.3) is 11.4 Å². The van der Waals surface area contributed by atoms with E-state index < -0.39 is 23.5 Å². The Morgan fingerprint density at radius 3 is 2.76 bits per heavy atom. The molecule has 0 saturated heterocycles. The maximum atomic E-state index is 12.7. The number of nitrogens with zero attached hydrogens (tertiary/aromatic N) is 2. The summed E-state index contributed by atoms with van der Waals surface area (Å²) < 4.78 is 43.0. The van der Waals surface area contributed by atoms with Gasteiger partial charge in [0.25, 0.3) is 0 Å². The van der Waals surface area contributed by atoms with E-state index in [4.69, 9.17) is 16.7 Å². The van der Waals surface area contributed by atoms with Crippen LogP contribution in [0.3, 0.4) is 0 Å². The molecule has 5 nitrogen and oxygen atoms in total. The van der Waals surface area contributed by atoms with Crippen LogP contribution in [0.5, 0.6) is 5.75 Å². The maximum absolute atomic E-state index is 12.7. The third kappa shape index (κ3) is 3.14. The highest BCUT2D eigenvalue weighted by atomic mass is 19.4. The number of hydrogen-bond donors (Lipinski definition) is 2. The second-order valence-electron chi connectivity index (χ2n) is 4.20. The molecule has 0 saturated carbocycles. The molecule has 8 heteroatoms. The highest BCUT2D eigenvalue weighted by Crippen LogP contribution is 2.37. The van der Waals surface area contributed by atoms with Crippen molar-refractivity contribution in [2.45, 2.75) is 18.6 Å². The highest BCUT2D eigenvalue weighted by Gasteiger charge is 2.34. The Balaban J connectivity index is 2.38. The van der Waals surface area contributed by atoms with Crippen molar-refractivity contribution < 1.29 is 22.8 Å². The van der Waals surface area contributed by atoms with E-state index in [9.17, 15) is 18.3 Å². The Hall–Kier alpha value is -2.53. The zero-order valence-electron chi connectivity index (χ0n) is 10.6. The van der Waals surface area contributed by atoms with Crippen molar-refractivity contribution >= 4 is 0 Å². The van der Waals surface area contributed by atoms with Crippen LogP contribution in [0.2, 0.25) is 0 Å². The van der Waals surface area contributed by atoms with Gasteiger partial charge in [-0.1, -0.05) is 5.16 Å². The average molecular weight is 297 g/mol. The molecule has 2 rings (SSSR count). The fraction of sp³-hybridized carbons (Fsp3) is 0.231. The molecule has 0 fully saturated rings. The molecule has 0 radical (unpaired) electrons. The predicted molar refractivity (Wildman–Crippen MR) is 66.8 cm³/mol. The molecule has 3 N–H and O–H groups in total. The molecule has 0 aliphatic carbocycles. The zero-order chi connectivity index (χ0) is 15.6. The van der Waals surface area contributed by atoms with Crippen molar-refractivity contribution in [2.75, 3.05) is 0 Å². The lowest BCUT2D eigenvalue weighted by atomic mass is 10.1. The van der Waals surface area contributed by atoms with Crippen molar-refractivity contribution in [1.82, 2.24) is 10.1 Å². The Kier molecular flexibility index (Phi) is 3.86. The third-order valence-electron chi connectivity index (χ3n) is 2.66. The summed E-state index contributed by atoms with van der Waals surface area (Å²) in [4.78, 5) is 3.90. The summed E-state index contributed by atoms with van der Waals surface area (Å²) in [5.41, 5.74) is 4.52. The fourth-order valence-corrected chi connectivity index (χ4v) is 1.62. The minimum Gasteiger partial charge on any atom is -0.507 e. The minimum absolute atomic E-state index is 0.0320. The minimum atomic E-state index is -4.69. The monoisotopic (exact) mass is 297 g/mol. The SMILES string of the molecule is C#CCC(N)c1nc(-c2ccc(O)c(C(F)(F)F)c2)no1. The number of rotatable bonds is 3. The molecule has 110 valence electrons. The molecular weight excluding hydrogens is 287 g/mol. The van der Waals surface area contributed by atoms with Crippen molar-refractivity contribution in [3.8, 4) is 29.5 Å². The number of aromatic nitrogens is 2. The number of aromatic hydroxyl groups is 1. The largest absolute Gasteiger partial charge is 0.507 e. The van der Waals surface area contributed by atoms with Gasteiger partial charge in [0.05, 0.1) is 11.6 Å².